The van der Waals surface area contributed by atoms with Crippen molar-refractivity contribution in [3.8, 4) is 0 Å². The molecule has 0 aliphatic carbocycles. The minimum absolute atomic E-state index is 0.000834. The summed E-state index contributed by atoms with van der Waals surface area (Å²) in [5.41, 5.74) is 3.84. The average Bonchev–Trinajstić information content (AvgIpc) is 3.04. The number of oxazole rings is 1. The molecule has 160 valence electrons. The average molecular weight is 421 g/mol. The number of carbonyl (C=O) groups excluding carboxylic acids is 1. The summed E-state index contributed by atoms with van der Waals surface area (Å²) < 4.78 is 17.3. The lowest BCUT2D eigenvalue weighted by atomic mass is 9.95. The van der Waals surface area contributed by atoms with Crippen LogP contribution in [-0.2, 0) is 22.7 Å². The molecule has 0 saturated heterocycles. The summed E-state index contributed by atoms with van der Waals surface area (Å²) in [6.07, 6.45) is -0.000834. The molecule has 0 atom stereocenters. The molecule has 0 fully saturated rings. The maximum atomic E-state index is 12.3. The normalized spacial score (nSPS) is 11.5. The molecule has 7 heteroatoms. The molecule has 31 heavy (non-hydrogen) atoms. The maximum absolute atomic E-state index is 12.3. The van der Waals surface area contributed by atoms with Gasteiger partial charge in [0.15, 0.2) is 5.58 Å². The van der Waals surface area contributed by atoms with Crippen molar-refractivity contribution in [2.24, 2.45) is 0 Å². The van der Waals surface area contributed by atoms with Crippen molar-refractivity contribution < 1.29 is 18.4 Å². The zero-order valence-corrected chi connectivity index (χ0v) is 17.6. The molecule has 4 rings (SSSR count). The van der Waals surface area contributed by atoms with Crippen LogP contribution in [0, 0.1) is 6.92 Å². The van der Waals surface area contributed by atoms with Gasteiger partial charge in [-0.05, 0) is 48.2 Å². The van der Waals surface area contributed by atoms with Crippen molar-refractivity contribution in [3.05, 3.63) is 80.1 Å². The van der Waals surface area contributed by atoms with Gasteiger partial charge in [-0.2, -0.15) is 0 Å². The third-order valence-electron chi connectivity index (χ3n) is 5.34. The van der Waals surface area contributed by atoms with E-state index in [9.17, 15) is 14.4 Å². The first-order valence-corrected chi connectivity index (χ1v) is 10.1. The molecule has 0 radical (unpaired) electrons. The van der Waals surface area contributed by atoms with E-state index in [-0.39, 0.29) is 19.6 Å². The van der Waals surface area contributed by atoms with Crippen LogP contribution >= 0.6 is 0 Å². The quantitative estimate of drug-likeness (QED) is 0.341. The topological polar surface area (TPSA) is 91.6 Å². The van der Waals surface area contributed by atoms with Gasteiger partial charge in [0.1, 0.15) is 12.2 Å². The van der Waals surface area contributed by atoms with E-state index in [0.29, 0.717) is 28.2 Å². The van der Waals surface area contributed by atoms with Crippen molar-refractivity contribution >= 4 is 28.0 Å². The van der Waals surface area contributed by atoms with Crippen LogP contribution < -0.4 is 11.4 Å². The smallest absolute Gasteiger partial charge is 0.419 e. The van der Waals surface area contributed by atoms with Gasteiger partial charge >= 0.3 is 17.4 Å². The second kappa shape index (κ2) is 8.26. The summed E-state index contributed by atoms with van der Waals surface area (Å²) in [6.45, 7) is 6.25. The zero-order chi connectivity index (χ0) is 22.1. The highest BCUT2D eigenvalue weighted by Gasteiger charge is 2.14. The van der Waals surface area contributed by atoms with Crippen LogP contribution in [-0.4, -0.2) is 10.5 Å². The minimum atomic E-state index is -0.516. The Morgan fingerprint density at radius 3 is 2.61 bits per heavy atom. The molecular formula is C24H23NO6. The fourth-order valence-corrected chi connectivity index (χ4v) is 3.79. The largest absolute Gasteiger partial charge is 0.461 e. The summed E-state index contributed by atoms with van der Waals surface area (Å²) >= 11 is 0. The van der Waals surface area contributed by atoms with E-state index < -0.39 is 17.4 Å². The lowest BCUT2D eigenvalue weighted by Crippen LogP contribution is -2.17. The predicted molar refractivity (Wildman–Crippen MR) is 116 cm³/mol. The van der Waals surface area contributed by atoms with Crippen LogP contribution in [0.1, 0.15) is 42.9 Å². The fourth-order valence-electron chi connectivity index (χ4n) is 3.79. The molecule has 0 amide bonds. The predicted octanol–water partition coefficient (Wildman–Crippen LogP) is 4.27. The third-order valence-corrected chi connectivity index (χ3v) is 5.34. The van der Waals surface area contributed by atoms with Gasteiger partial charge in [0.25, 0.3) is 0 Å². The standard InChI is InChI=1S/C24H23NO6/c1-14(2)17-12-18-16(11-23(27)30-21(18)10-15(17)3)13-29-22(26)8-9-25-19-6-4-5-7-20(19)31-24(25)28/h4-7,10-12,14H,8-9,13H2,1-3H3. The highest BCUT2D eigenvalue weighted by molar-refractivity contribution is 5.82. The van der Waals surface area contributed by atoms with E-state index in [2.05, 4.69) is 13.8 Å². The number of hydrogen-bond acceptors (Lipinski definition) is 6. The molecule has 2 aromatic carbocycles. The van der Waals surface area contributed by atoms with Crippen molar-refractivity contribution in [1.82, 2.24) is 4.57 Å². The highest BCUT2D eigenvalue weighted by atomic mass is 16.5. The number of fused-ring (bicyclic) bond motifs is 2. The molecule has 0 saturated carbocycles. The second-order valence-corrected chi connectivity index (χ2v) is 7.85. The molecule has 7 nitrogen and oxygen atoms in total. The van der Waals surface area contributed by atoms with E-state index >= 15 is 0 Å². The SMILES string of the molecule is Cc1cc2oc(=O)cc(COC(=O)CCn3c(=O)oc4ccccc43)c2cc1C(C)C. The van der Waals surface area contributed by atoms with E-state index in [1.165, 1.54) is 10.6 Å². The Labute approximate surface area is 177 Å². The minimum Gasteiger partial charge on any atom is -0.461 e. The number of hydrogen-bond donors (Lipinski definition) is 0. The van der Waals surface area contributed by atoms with Crippen molar-refractivity contribution in [1.29, 1.82) is 0 Å². The first-order valence-electron chi connectivity index (χ1n) is 10.1. The van der Waals surface area contributed by atoms with E-state index in [4.69, 9.17) is 13.6 Å². The Kier molecular flexibility index (Phi) is 5.50. The van der Waals surface area contributed by atoms with Crippen molar-refractivity contribution in [2.75, 3.05) is 0 Å². The monoisotopic (exact) mass is 421 g/mol. The number of benzene rings is 2. The number of aromatic nitrogens is 1. The van der Waals surface area contributed by atoms with E-state index in [1.807, 2.05) is 19.1 Å². The number of rotatable bonds is 6. The van der Waals surface area contributed by atoms with E-state index in [0.717, 1.165) is 16.5 Å². The molecule has 0 bridgehead atoms. The van der Waals surface area contributed by atoms with Gasteiger partial charge < -0.3 is 13.6 Å². The summed E-state index contributed by atoms with van der Waals surface area (Å²) in [4.78, 5) is 36.3. The third kappa shape index (κ3) is 4.17. The number of carbonyl (C=O) groups is 1. The fraction of sp³-hybridized carbons (Fsp3) is 0.292. The van der Waals surface area contributed by atoms with Crippen molar-refractivity contribution in [3.63, 3.8) is 0 Å². The second-order valence-electron chi connectivity index (χ2n) is 7.85. The van der Waals surface area contributed by atoms with Crippen LogP contribution in [0.15, 0.2) is 60.9 Å². The first-order chi connectivity index (χ1) is 14.8. The van der Waals surface area contributed by atoms with Crippen LogP contribution in [0.4, 0.5) is 0 Å². The number of aryl methyl sites for hydroxylation is 2. The highest BCUT2D eigenvalue weighted by Crippen LogP contribution is 2.27. The lowest BCUT2D eigenvalue weighted by Gasteiger charge is -2.13. The Bertz CT molecular complexity index is 1390. The summed E-state index contributed by atoms with van der Waals surface area (Å²) in [7, 11) is 0. The molecule has 0 unspecified atom stereocenters. The van der Waals surface area contributed by atoms with Gasteiger partial charge in [0, 0.05) is 23.6 Å². The summed E-state index contributed by atoms with van der Waals surface area (Å²) in [5, 5.41) is 0.749. The maximum Gasteiger partial charge on any atom is 0.419 e. The Morgan fingerprint density at radius 2 is 1.84 bits per heavy atom. The van der Waals surface area contributed by atoms with Gasteiger partial charge in [-0.15, -0.1) is 0 Å². The molecular weight excluding hydrogens is 398 g/mol. The number of para-hydroxylation sites is 2. The summed E-state index contributed by atoms with van der Waals surface area (Å²) in [6, 6.07) is 12.2. The lowest BCUT2D eigenvalue weighted by molar-refractivity contribution is -0.145. The van der Waals surface area contributed by atoms with Crippen LogP contribution in [0.2, 0.25) is 0 Å². The molecule has 0 aliphatic heterocycles. The van der Waals surface area contributed by atoms with Crippen LogP contribution in [0.5, 0.6) is 0 Å². The number of esters is 1. The molecule has 2 heterocycles. The molecule has 0 spiro atoms. The van der Waals surface area contributed by atoms with Gasteiger partial charge in [0.2, 0.25) is 0 Å². The Morgan fingerprint density at radius 1 is 1.06 bits per heavy atom. The Hall–Kier alpha value is -3.61. The summed E-state index contributed by atoms with van der Waals surface area (Å²) in [5.74, 6) is -0.693. The molecule has 0 N–H and O–H groups in total. The van der Waals surface area contributed by atoms with Crippen LogP contribution in [0.3, 0.4) is 0 Å². The number of nitrogens with zero attached hydrogens (tertiary/aromatic N) is 1. The van der Waals surface area contributed by atoms with Gasteiger partial charge in [-0.1, -0.05) is 26.0 Å². The Balaban J connectivity index is 1.51. The molecule has 4 aromatic rings. The molecule has 0 aliphatic rings. The molecule has 2 aromatic heterocycles. The van der Waals surface area contributed by atoms with Gasteiger partial charge in [-0.3, -0.25) is 9.36 Å². The van der Waals surface area contributed by atoms with Crippen molar-refractivity contribution in [2.45, 2.75) is 46.3 Å². The number of ether oxygens (including phenoxy) is 1. The van der Waals surface area contributed by atoms with Crippen LogP contribution in [0.25, 0.3) is 22.1 Å². The zero-order valence-electron chi connectivity index (χ0n) is 17.6. The first kappa shape index (κ1) is 20.7. The van der Waals surface area contributed by atoms with Gasteiger partial charge in [-0.25, -0.2) is 9.59 Å². The van der Waals surface area contributed by atoms with Gasteiger partial charge in [0.05, 0.1) is 11.9 Å². The van der Waals surface area contributed by atoms with E-state index in [1.54, 1.807) is 24.3 Å².